The summed E-state index contributed by atoms with van der Waals surface area (Å²) in [4.78, 5) is 52.7. The number of hydrogen-bond donors (Lipinski definition) is 2. The number of carbonyl (C=O) groups is 4. The van der Waals surface area contributed by atoms with Crippen molar-refractivity contribution in [3.63, 3.8) is 0 Å². The van der Waals surface area contributed by atoms with Crippen molar-refractivity contribution in [3.05, 3.63) is 52.9 Å². The Morgan fingerprint density at radius 1 is 1.24 bits per heavy atom. The summed E-state index contributed by atoms with van der Waals surface area (Å²) in [6.45, 7) is 2.58. The molecule has 4 heterocycles. The van der Waals surface area contributed by atoms with E-state index in [0.717, 1.165) is 25.1 Å². The molecule has 1 aromatic heterocycles. The lowest BCUT2D eigenvalue weighted by Crippen LogP contribution is -2.52. The molecule has 1 atom stereocenters. The van der Waals surface area contributed by atoms with E-state index in [2.05, 4.69) is 39.0 Å². The molecule has 1 unspecified atom stereocenters. The summed E-state index contributed by atoms with van der Waals surface area (Å²) in [5.41, 5.74) is 3.28. The van der Waals surface area contributed by atoms with E-state index in [1.54, 1.807) is 24.4 Å². The molecule has 4 amide bonds. The monoisotopic (exact) mass is 463 g/mol. The van der Waals surface area contributed by atoms with Crippen molar-refractivity contribution in [2.45, 2.75) is 31.8 Å². The molecule has 2 N–H and O–H groups in total. The summed E-state index contributed by atoms with van der Waals surface area (Å²) in [5.74, 6) is -1.31. The van der Waals surface area contributed by atoms with Crippen LogP contribution in [0.1, 0.15) is 45.7 Å². The molecule has 11 heteroatoms. The second-order valence-electron chi connectivity index (χ2n) is 8.86. The van der Waals surface area contributed by atoms with Crippen LogP contribution in [0.3, 0.4) is 0 Å². The first-order chi connectivity index (χ1) is 16.4. The van der Waals surface area contributed by atoms with Crippen LogP contribution in [0.2, 0.25) is 0 Å². The number of nitrogens with one attached hydrogen (secondary N) is 2. The van der Waals surface area contributed by atoms with Gasteiger partial charge in [-0.25, -0.2) is 4.68 Å². The van der Waals surface area contributed by atoms with Crippen LogP contribution < -0.4 is 10.6 Å². The molecular formula is C23H25N7O4. The third-order valence-corrected chi connectivity index (χ3v) is 6.39. The normalized spacial score (nSPS) is 20.7. The van der Waals surface area contributed by atoms with Crippen LogP contribution in [-0.4, -0.2) is 81.1 Å². The number of imide groups is 1. The third kappa shape index (κ3) is 4.21. The molecule has 0 bridgehead atoms. The summed E-state index contributed by atoms with van der Waals surface area (Å²) in [6, 6.07) is 4.55. The number of fused-ring (bicyclic) bond motifs is 1. The fourth-order valence-electron chi connectivity index (χ4n) is 4.59. The Labute approximate surface area is 195 Å². The number of piperidine rings is 1. The maximum absolute atomic E-state index is 12.9. The number of hydrogen-bond acceptors (Lipinski definition) is 7. The summed E-state index contributed by atoms with van der Waals surface area (Å²) >= 11 is 0. The average molecular weight is 463 g/mol. The molecule has 1 fully saturated rings. The van der Waals surface area contributed by atoms with Crippen LogP contribution in [0, 0.1) is 0 Å². The van der Waals surface area contributed by atoms with Gasteiger partial charge in [-0.2, -0.15) is 0 Å². The standard InChI is InChI=1S/C23H25N7O4/c1-28-8-2-3-14(11-28)10-24-21(32)18-13-30(27-26-18)16-4-5-17-15(9-16)12-29(23(17)34)19-6-7-20(31)25-22(19)33/h3-5,9,13,19H,2,6-8,10-12H2,1H3,(H,24,32)(H,25,31,33). The van der Waals surface area contributed by atoms with Gasteiger partial charge in [0.1, 0.15) is 6.04 Å². The average Bonchev–Trinajstić information content (AvgIpc) is 3.43. The largest absolute Gasteiger partial charge is 0.347 e. The van der Waals surface area contributed by atoms with Gasteiger partial charge >= 0.3 is 0 Å². The van der Waals surface area contributed by atoms with Gasteiger partial charge in [0.05, 0.1) is 11.9 Å². The molecule has 0 aliphatic carbocycles. The van der Waals surface area contributed by atoms with Gasteiger partial charge in [-0.05, 0) is 49.2 Å². The summed E-state index contributed by atoms with van der Waals surface area (Å²) in [7, 11) is 2.05. The number of carbonyl (C=O) groups excluding carboxylic acids is 4. The van der Waals surface area contributed by atoms with Gasteiger partial charge in [-0.3, -0.25) is 24.5 Å². The lowest BCUT2D eigenvalue weighted by atomic mass is 10.0. The molecule has 3 aliphatic rings. The fourth-order valence-corrected chi connectivity index (χ4v) is 4.59. The van der Waals surface area contributed by atoms with E-state index in [0.29, 0.717) is 24.2 Å². The lowest BCUT2D eigenvalue weighted by molar-refractivity contribution is -0.136. The minimum absolute atomic E-state index is 0.200. The van der Waals surface area contributed by atoms with Crippen molar-refractivity contribution in [3.8, 4) is 5.69 Å². The number of likely N-dealkylation sites (N-methyl/N-ethyl adjacent to an activating group) is 1. The van der Waals surface area contributed by atoms with Crippen molar-refractivity contribution >= 4 is 23.6 Å². The van der Waals surface area contributed by atoms with Crippen LogP contribution in [0.15, 0.2) is 36.0 Å². The Kier molecular flexibility index (Phi) is 5.70. The molecule has 176 valence electrons. The van der Waals surface area contributed by atoms with Crippen molar-refractivity contribution in [2.75, 3.05) is 26.7 Å². The number of amides is 4. The molecule has 0 spiro atoms. The van der Waals surface area contributed by atoms with Gasteiger partial charge in [-0.15, -0.1) is 5.10 Å². The van der Waals surface area contributed by atoms with Gasteiger partial charge in [0.25, 0.3) is 11.8 Å². The lowest BCUT2D eigenvalue weighted by Gasteiger charge is -2.29. The van der Waals surface area contributed by atoms with Crippen molar-refractivity contribution in [1.82, 2.24) is 35.4 Å². The predicted octanol–water partition coefficient (Wildman–Crippen LogP) is 0.0200. The number of nitrogens with zero attached hydrogens (tertiary/aromatic N) is 5. The van der Waals surface area contributed by atoms with Crippen molar-refractivity contribution < 1.29 is 19.2 Å². The first kappa shape index (κ1) is 22.0. The predicted molar refractivity (Wildman–Crippen MR) is 120 cm³/mol. The van der Waals surface area contributed by atoms with Gasteiger partial charge < -0.3 is 15.1 Å². The molecule has 2 aromatic rings. The number of aromatic nitrogens is 3. The second kappa shape index (κ2) is 8.82. The zero-order valence-electron chi connectivity index (χ0n) is 18.8. The molecule has 34 heavy (non-hydrogen) atoms. The summed E-state index contributed by atoms with van der Waals surface area (Å²) in [5, 5.41) is 13.3. The van der Waals surface area contributed by atoms with Crippen molar-refractivity contribution in [1.29, 1.82) is 0 Å². The quantitative estimate of drug-likeness (QED) is 0.472. The molecule has 1 aromatic carbocycles. The topological polar surface area (TPSA) is 130 Å². The Balaban J connectivity index is 1.27. The van der Waals surface area contributed by atoms with E-state index in [-0.39, 0.29) is 36.4 Å². The maximum Gasteiger partial charge on any atom is 0.273 e. The Bertz CT molecular complexity index is 1220. The van der Waals surface area contributed by atoms with Crippen LogP contribution >= 0.6 is 0 Å². The first-order valence-corrected chi connectivity index (χ1v) is 11.2. The van der Waals surface area contributed by atoms with E-state index in [4.69, 9.17) is 0 Å². The zero-order chi connectivity index (χ0) is 23.8. The van der Waals surface area contributed by atoms with Gasteiger partial charge in [0.2, 0.25) is 11.8 Å². The molecule has 3 aliphatic heterocycles. The highest BCUT2D eigenvalue weighted by Crippen LogP contribution is 2.29. The van der Waals surface area contributed by atoms with Gasteiger partial charge in [0.15, 0.2) is 5.69 Å². The molecule has 1 saturated heterocycles. The van der Waals surface area contributed by atoms with E-state index >= 15 is 0 Å². The van der Waals surface area contributed by atoms with E-state index < -0.39 is 11.9 Å². The smallest absolute Gasteiger partial charge is 0.273 e. The van der Waals surface area contributed by atoms with Crippen LogP contribution in [-0.2, 0) is 16.1 Å². The molecule has 0 saturated carbocycles. The number of rotatable bonds is 5. The SMILES string of the molecule is CN1CCC=C(CNC(=O)c2cn(-c3ccc4c(c3)CN(C3CCC(=O)NC3=O)C4=O)nn2)C1. The second-order valence-corrected chi connectivity index (χ2v) is 8.86. The Morgan fingerprint density at radius 2 is 2.09 bits per heavy atom. The van der Waals surface area contributed by atoms with Gasteiger partial charge in [0, 0.05) is 38.2 Å². The van der Waals surface area contributed by atoms with Crippen LogP contribution in [0.4, 0.5) is 0 Å². The third-order valence-electron chi connectivity index (χ3n) is 6.39. The molecular weight excluding hydrogens is 438 g/mol. The Hall–Kier alpha value is -3.86. The summed E-state index contributed by atoms with van der Waals surface area (Å²) < 4.78 is 1.49. The highest BCUT2D eigenvalue weighted by Gasteiger charge is 2.39. The Morgan fingerprint density at radius 3 is 2.88 bits per heavy atom. The molecule has 11 nitrogen and oxygen atoms in total. The molecule has 0 radical (unpaired) electrons. The highest BCUT2D eigenvalue weighted by molar-refractivity contribution is 6.05. The minimum atomic E-state index is -0.665. The van der Waals surface area contributed by atoms with Crippen molar-refractivity contribution in [2.24, 2.45) is 0 Å². The first-order valence-electron chi connectivity index (χ1n) is 11.2. The number of benzene rings is 1. The highest BCUT2D eigenvalue weighted by atomic mass is 16.2. The summed E-state index contributed by atoms with van der Waals surface area (Å²) in [6.07, 6.45) is 5.19. The minimum Gasteiger partial charge on any atom is -0.347 e. The zero-order valence-corrected chi connectivity index (χ0v) is 18.8. The van der Waals surface area contributed by atoms with Crippen LogP contribution in [0.5, 0.6) is 0 Å². The maximum atomic E-state index is 12.9. The van der Waals surface area contributed by atoms with Crippen LogP contribution in [0.25, 0.3) is 5.69 Å². The fraction of sp³-hybridized carbons (Fsp3) is 0.391. The van der Waals surface area contributed by atoms with E-state index in [1.807, 2.05) is 0 Å². The van der Waals surface area contributed by atoms with Gasteiger partial charge in [-0.1, -0.05) is 11.3 Å². The molecule has 5 rings (SSSR count). The van der Waals surface area contributed by atoms with E-state index in [9.17, 15) is 19.2 Å². The van der Waals surface area contributed by atoms with E-state index in [1.165, 1.54) is 15.2 Å².